The molecule has 21 heavy (non-hydrogen) atoms. The highest BCUT2D eigenvalue weighted by molar-refractivity contribution is 7.13. The number of nitrogens with zero attached hydrogens (tertiary/aromatic N) is 2. The molecule has 1 aromatic carbocycles. The van der Waals surface area contributed by atoms with Gasteiger partial charge in [-0.15, -0.1) is 11.3 Å². The maximum absolute atomic E-state index is 9.63. The van der Waals surface area contributed by atoms with Gasteiger partial charge in [-0.3, -0.25) is 4.90 Å². The molecule has 2 N–H and O–H groups in total. The number of aromatic nitrogens is 1. The van der Waals surface area contributed by atoms with E-state index in [0.29, 0.717) is 5.75 Å². The lowest BCUT2D eigenvalue weighted by Gasteiger charge is -2.12. The number of likely N-dealkylation sites (tertiary alicyclic amines) is 1. The lowest BCUT2D eigenvalue weighted by molar-refractivity contribution is 0.174. The van der Waals surface area contributed by atoms with Crippen molar-refractivity contribution in [3.63, 3.8) is 0 Å². The summed E-state index contributed by atoms with van der Waals surface area (Å²) in [6.45, 7) is 2.41. The van der Waals surface area contributed by atoms with Crippen LogP contribution in [0.2, 0.25) is 0 Å². The van der Waals surface area contributed by atoms with Crippen molar-refractivity contribution >= 4 is 11.3 Å². The molecule has 1 saturated heterocycles. The molecule has 1 atom stereocenters. The van der Waals surface area contributed by atoms with Gasteiger partial charge in [0.1, 0.15) is 5.01 Å². The second-order valence-electron chi connectivity index (χ2n) is 5.21. The first-order valence-electron chi connectivity index (χ1n) is 6.88. The van der Waals surface area contributed by atoms with Crippen LogP contribution in [0, 0.1) is 0 Å². The van der Waals surface area contributed by atoms with Crippen molar-refractivity contribution in [2.45, 2.75) is 19.1 Å². The molecular weight excluding hydrogens is 288 g/mol. The molecule has 0 radical (unpaired) electrons. The molecule has 3 rings (SSSR count). The predicted molar refractivity (Wildman–Crippen MR) is 81.7 cm³/mol. The Balaban J connectivity index is 1.75. The molecule has 1 aliphatic heterocycles. The monoisotopic (exact) mass is 306 g/mol. The van der Waals surface area contributed by atoms with Crippen LogP contribution in [0.1, 0.15) is 12.1 Å². The smallest absolute Gasteiger partial charge is 0.161 e. The molecule has 6 heteroatoms. The highest BCUT2D eigenvalue weighted by Crippen LogP contribution is 2.33. The standard InChI is InChI=1S/C15H18N2O3S/c1-20-14-6-10(2-3-13(14)19)15-16-11(9-21-15)7-17-5-4-12(18)8-17/h2-3,6,9,12,18-19H,4-5,7-8H2,1H3. The van der Waals surface area contributed by atoms with Crippen LogP contribution in [0.5, 0.6) is 11.5 Å². The fourth-order valence-corrected chi connectivity index (χ4v) is 3.32. The Bertz CT molecular complexity index is 629. The maximum Gasteiger partial charge on any atom is 0.161 e. The number of aromatic hydroxyl groups is 1. The Labute approximate surface area is 127 Å². The normalized spacial score (nSPS) is 19.0. The number of rotatable bonds is 4. The third-order valence-corrected chi connectivity index (χ3v) is 4.55. The van der Waals surface area contributed by atoms with E-state index in [1.165, 1.54) is 7.11 Å². The molecule has 1 unspecified atom stereocenters. The predicted octanol–water partition coefficient (Wildman–Crippen LogP) is 2.09. The van der Waals surface area contributed by atoms with Gasteiger partial charge in [0.2, 0.25) is 0 Å². The van der Waals surface area contributed by atoms with Gasteiger partial charge in [0.05, 0.1) is 18.9 Å². The van der Waals surface area contributed by atoms with Crippen LogP contribution in [-0.4, -0.2) is 46.4 Å². The Hall–Kier alpha value is -1.63. The maximum atomic E-state index is 9.63. The van der Waals surface area contributed by atoms with Crippen LogP contribution in [0.4, 0.5) is 0 Å². The van der Waals surface area contributed by atoms with E-state index in [0.717, 1.165) is 42.3 Å². The van der Waals surface area contributed by atoms with Crippen molar-refractivity contribution in [1.82, 2.24) is 9.88 Å². The second-order valence-corrected chi connectivity index (χ2v) is 6.07. The number of aliphatic hydroxyl groups excluding tert-OH is 1. The number of benzene rings is 1. The van der Waals surface area contributed by atoms with Gasteiger partial charge < -0.3 is 14.9 Å². The van der Waals surface area contributed by atoms with Crippen molar-refractivity contribution in [1.29, 1.82) is 0 Å². The number of ether oxygens (including phenoxy) is 1. The van der Waals surface area contributed by atoms with Gasteiger partial charge in [0.25, 0.3) is 0 Å². The number of phenols is 1. The fraction of sp³-hybridized carbons (Fsp3) is 0.400. The summed E-state index contributed by atoms with van der Waals surface area (Å²) in [6.07, 6.45) is 0.635. The largest absolute Gasteiger partial charge is 0.504 e. The zero-order valence-electron chi connectivity index (χ0n) is 11.8. The molecule has 0 saturated carbocycles. The van der Waals surface area contributed by atoms with E-state index in [1.807, 2.05) is 11.4 Å². The van der Waals surface area contributed by atoms with Crippen LogP contribution in [0.3, 0.4) is 0 Å². The number of β-amino-alcohol motifs (C(OH)–C–C–N with tert-alkyl or cyclic N) is 1. The third kappa shape index (κ3) is 3.18. The summed E-state index contributed by atoms with van der Waals surface area (Å²) >= 11 is 1.57. The summed E-state index contributed by atoms with van der Waals surface area (Å²) in [6, 6.07) is 5.24. The third-order valence-electron chi connectivity index (χ3n) is 3.61. The quantitative estimate of drug-likeness (QED) is 0.905. The van der Waals surface area contributed by atoms with Crippen molar-refractivity contribution in [2.24, 2.45) is 0 Å². The molecule has 0 spiro atoms. The number of methoxy groups -OCH3 is 1. The van der Waals surface area contributed by atoms with Gasteiger partial charge in [-0.1, -0.05) is 0 Å². The molecule has 1 fully saturated rings. The van der Waals surface area contributed by atoms with Crippen molar-refractivity contribution < 1.29 is 14.9 Å². The van der Waals surface area contributed by atoms with Crippen molar-refractivity contribution in [3.05, 3.63) is 29.3 Å². The highest BCUT2D eigenvalue weighted by atomic mass is 32.1. The van der Waals surface area contributed by atoms with E-state index in [9.17, 15) is 10.2 Å². The van der Waals surface area contributed by atoms with E-state index < -0.39 is 0 Å². The molecule has 2 aromatic rings. The van der Waals surface area contributed by atoms with Crippen LogP contribution < -0.4 is 4.74 Å². The first-order valence-corrected chi connectivity index (χ1v) is 7.76. The number of hydrogen-bond acceptors (Lipinski definition) is 6. The fourth-order valence-electron chi connectivity index (χ4n) is 2.51. The highest BCUT2D eigenvalue weighted by Gasteiger charge is 2.21. The Morgan fingerprint density at radius 1 is 1.48 bits per heavy atom. The van der Waals surface area contributed by atoms with Crippen LogP contribution in [0.25, 0.3) is 10.6 Å². The Morgan fingerprint density at radius 3 is 3.05 bits per heavy atom. The lowest BCUT2D eigenvalue weighted by Crippen LogP contribution is -2.21. The van der Waals surface area contributed by atoms with E-state index in [1.54, 1.807) is 23.5 Å². The van der Waals surface area contributed by atoms with E-state index in [-0.39, 0.29) is 11.9 Å². The van der Waals surface area contributed by atoms with Gasteiger partial charge in [-0.25, -0.2) is 4.98 Å². The molecule has 0 amide bonds. The summed E-state index contributed by atoms with van der Waals surface area (Å²) in [5.41, 5.74) is 1.94. The minimum Gasteiger partial charge on any atom is -0.504 e. The van der Waals surface area contributed by atoms with Crippen molar-refractivity contribution in [2.75, 3.05) is 20.2 Å². The van der Waals surface area contributed by atoms with Crippen LogP contribution in [-0.2, 0) is 6.54 Å². The van der Waals surface area contributed by atoms with Crippen LogP contribution >= 0.6 is 11.3 Å². The molecule has 2 heterocycles. The zero-order valence-corrected chi connectivity index (χ0v) is 12.6. The molecule has 1 aliphatic rings. The minimum atomic E-state index is -0.204. The number of hydrogen-bond donors (Lipinski definition) is 2. The molecule has 0 aliphatic carbocycles. The average molecular weight is 306 g/mol. The molecule has 112 valence electrons. The van der Waals surface area contributed by atoms with Crippen LogP contribution in [0.15, 0.2) is 23.6 Å². The molecule has 0 bridgehead atoms. The minimum absolute atomic E-state index is 0.129. The molecule has 1 aromatic heterocycles. The van der Waals surface area contributed by atoms with E-state index >= 15 is 0 Å². The summed E-state index contributed by atoms with van der Waals surface area (Å²) in [4.78, 5) is 6.84. The summed E-state index contributed by atoms with van der Waals surface area (Å²) in [5, 5.41) is 22.1. The number of thiazole rings is 1. The SMILES string of the molecule is COc1cc(-c2nc(CN3CCC(O)C3)cs2)ccc1O. The van der Waals surface area contributed by atoms with E-state index in [4.69, 9.17) is 4.74 Å². The second kappa shape index (κ2) is 6.01. The topological polar surface area (TPSA) is 65.8 Å². The Morgan fingerprint density at radius 2 is 2.33 bits per heavy atom. The number of phenolic OH excluding ortho intramolecular Hbond substituents is 1. The zero-order chi connectivity index (χ0) is 14.8. The molecular formula is C15H18N2O3S. The number of aliphatic hydroxyl groups is 1. The molecule has 5 nitrogen and oxygen atoms in total. The van der Waals surface area contributed by atoms with E-state index in [2.05, 4.69) is 9.88 Å². The first kappa shape index (κ1) is 14.3. The summed E-state index contributed by atoms with van der Waals surface area (Å²) in [5.74, 6) is 0.580. The van der Waals surface area contributed by atoms with Gasteiger partial charge in [0.15, 0.2) is 11.5 Å². The van der Waals surface area contributed by atoms with Gasteiger partial charge in [-0.2, -0.15) is 0 Å². The summed E-state index contributed by atoms with van der Waals surface area (Å²) < 4.78 is 5.12. The van der Waals surface area contributed by atoms with Gasteiger partial charge >= 0.3 is 0 Å². The van der Waals surface area contributed by atoms with Gasteiger partial charge in [0, 0.05) is 30.6 Å². The first-order chi connectivity index (χ1) is 10.2. The van der Waals surface area contributed by atoms with Gasteiger partial charge in [-0.05, 0) is 24.6 Å². The Kier molecular flexibility index (Phi) is 4.10. The lowest BCUT2D eigenvalue weighted by atomic mass is 10.2. The average Bonchev–Trinajstić information content (AvgIpc) is 3.09. The van der Waals surface area contributed by atoms with Crippen molar-refractivity contribution in [3.8, 4) is 22.1 Å². The summed E-state index contributed by atoms with van der Waals surface area (Å²) in [7, 11) is 1.53.